The average molecular weight is 416 g/mol. The Kier molecular flexibility index (Phi) is 4.44. The Hall–Kier alpha value is -3.38. The molecule has 0 saturated carbocycles. The smallest absolute Gasteiger partial charge is 0.282 e. The van der Waals surface area contributed by atoms with Gasteiger partial charge in [0.2, 0.25) is 0 Å². The van der Waals surface area contributed by atoms with Crippen molar-refractivity contribution in [2.45, 2.75) is 6.42 Å². The van der Waals surface area contributed by atoms with E-state index in [4.69, 9.17) is 0 Å². The topological polar surface area (TPSA) is 43.9 Å². The molecule has 2 aliphatic heterocycles. The van der Waals surface area contributed by atoms with E-state index in [-0.39, 0.29) is 11.8 Å². The van der Waals surface area contributed by atoms with Gasteiger partial charge in [-0.05, 0) is 53.8 Å². The number of hydrogen-bond donors (Lipinski definition) is 0. The van der Waals surface area contributed by atoms with Gasteiger partial charge in [0.25, 0.3) is 11.8 Å². The molecule has 0 fully saturated rings. The Balaban J connectivity index is 1.62. The molecule has 1 aromatic heterocycles. The highest BCUT2D eigenvalue weighted by Gasteiger charge is 2.44. The normalized spacial score (nSPS) is 15.9. The summed E-state index contributed by atoms with van der Waals surface area (Å²) in [5.41, 5.74) is 4.77. The first-order chi connectivity index (χ1) is 14.6. The molecule has 6 heteroatoms. The first-order valence-electron chi connectivity index (χ1n) is 9.86. The summed E-state index contributed by atoms with van der Waals surface area (Å²) in [5.74, 6) is -0.530. The highest BCUT2D eigenvalue weighted by molar-refractivity contribution is 7.11. The molecule has 2 aliphatic rings. The lowest BCUT2D eigenvalue weighted by molar-refractivity contribution is -0.120. The van der Waals surface area contributed by atoms with E-state index in [1.807, 2.05) is 83.9 Å². The third-order valence-corrected chi connectivity index (χ3v) is 6.50. The lowest BCUT2D eigenvalue weighted by Crippen LogP contribution is -2.34. The van der Waals surface area contributed by atoms with Crippen LogP contribution in [0.1, 0.15) is 10.4 Å². The number of carbonyl (C=O) groups excluding carboxylic acids is 2. The van der Waals surface area contributed by atoms with Gasteiger partial charge >= 0.3 is 0 Å². The second-order valence-electron chi connectivity index (χ2n) is 7.59. The second-order valence-corrected chi connectivity index (χ2v) is 8.54. The summed E-state index contributed by atoms with van der Waals surface area (Å²) in [4.78, 5) is 33.3. The van der Waals surface area contributed by atoms with Crippen molar-refractivity contribution in [3.8, 4) is 0 Å². The van der Waals surface area contributed by atoms with Gasteiger partial charge in [0.15, 0.2) is 0 Å². The van der Waals surface area contributed by atoms with Crippen molar-refractivity contribution < 1.29 is 9.59 Å². The van der Waals surface area contributed by atoms with Crippen LogP contribution in [0.25, 0.3) is 5.57 Å². The number of para-hydroxylation sites is 1. The largest absolute Gasteiger partial charge is 0.378 e. The Morgan fingerprint density at radius 3 is 2.37 bits per heavy atom. The van der Waals surface area contributed by atoms with Crippen LogP contribution in [0.5, 0.6) is 0 Å². The highest BCUT2D eigenvalue weighted by Crippen LogP contribution is 2.41. The van der Waals surface area contributed by atoms with Crippen molar-refractivity contribution in [1.82, 2.24) is 0 Å². The molecule has 5 rings (SSSR count). The number of fused-ring (bicyclic) bond motifs is 1. The van der Waals surface area contributed by atoms with E-state index in [1.54, 1.807) is 0 Å². The predicted octanol–water partition coefficient (Wildman–Crippen LogP) is 4.16. The van der Waals surface area contributed by atoms with Crippen LogP contribution in [0.3, 0.4) is 0 Å². The van der Waals surface area contributed by atoms with Crippen LogP contribution in [-0.4, -0.2) is 32.5 Å². The SMILES string of the molecule is CN(C)c1ccc(N2C(=O)C(c3cccs3)=C(N3CCc4ccccc43)C2=O)cc1. The van der Waals surface area contributed by atoms with Gasteiger partial charge in [0, 0.05) is 36.9 Å². The zero-order chi connectivity index (χ0) is 20.8. The first kappa shape index (κ1) is 18.6. The highest BCUT2D eigenvalue weighted by atomic mass is 32.1. The Morgan fingerprint density at radius 1 is 0.900 bits per heavy atom. The molecule has 0 aliphatic carbocycles. The molecule has 0 unspecified atom stereocenters. The third-order valence-electron chi connectivity index (χ3n) is 5.61. The molecule has 3 aromatic rings. The van der Waals surface area contributed by atoms with Gasteiger partial charge in [-0.1, -0.05) is 24.3 Å². The van der Waals surface area contributed by atoms with Gasteiger partial charge in [-0.25, -0.2) is 4.90 Å². The molecule has 0 atom stereocenters. The van der Waals surface area contributed by atoms with Crippen LogP contribution in [0, 0.1) is 0 Å². The molecule has 3 heterocycles. The van der Waals surface area contributed by atoms with Gasteiger partial charge in [-0.2, -0.15) is 0 Å². The van der Waals surface area contributed by atoms with E-state index < -0.39 is 0 Å². The molecule has 5 nitrogen and oxygen atoms in total. The minimum absolute atomic E-state index is 0.264. The van der Waals surface area contributed by atoms with E-state index >= 15 is 0 Å². The van der Waals surface area contributed by atoms with E-state index in [0.29, 0.717) is 23.5 Å². The number of amides is 2. The fourth-order valence-corrected chi connectivity index (χ4v) is 4.88. The molecule has 150 valence electrons. The maximum atomic E-state index is 13.6. The van der Waals surface area contributed by atoms with Crippen molar-refractivity contribution in [3.05, 3.63) is 82.2 Å². The summed E-state index contributed by atoms with van der Waals surface area (Å²) in [6.45, 7) is 0.690. The van der Waals surface area contributed by atoms with E-state index in [1.165, 1.54) is 21.8 Å². The first-order valence-corrected chi connectivity index (χ1v) is 10.7. The van der Waals surface area contributed by atoms with E-state index in [2.05, 4.69) is 6.07 Å². The van der Waals surface area contributed by atoms with Gasteiger partial charge in [0.1, 0.15) is 5.70 Å². The molecular weight excluding hydrogens is 394 g/mol. The zero-order valence-corrected chi connectivity index (χ0v) is 17.6. The fourth-order valence-electron chi connectivity index (χ4n) is 4.12. The standard InChI is InChI=1S/C24H21N3O2S/c1-25(2)17-9-11-18(12-10-17)27-23(28)21(20-8-5-15-30-20)22(24(27)29)26-14-13-16-6-3-4-7-19(16)26/h3-12,15H,13-14H2,1-2H3. The molecule has 0 spiro atoms. The quantitative estimate of drug-likeness (QED) is 0.600. The molecule has 0 bridgehead atoms. The lowest BCUT2D eigenvalue weighted by atomic mass is 10.1. The lowest BCUT2D eigenvalue weighted by Gasteiger charge is -2.22. The molecular formula is C24H21N3O2S. The number of thiophene rings is 1. The molecule has 2 amide bonds. The van der Waals surface area contributed by atoms with Crippen LogP contribution in [-0.2, 0) is 16.0 Å². The number of imide groups is 1. The van der Waals surface area contributed by atoms with Crippen LogP contribution < -0.4 is 14.7 Å². The number of benzene rings is 2. The van der Waals surface area contributed by atoms with Crippen LogP contribution >= 0.6 is 11.3 Å². The van der Waals surface area contributed by atoms with Gasteiger partial charge in [-0.3, -0.25) is 9.59 Å². The molecule has 0 N–H and O–H groups in total. The van der Waals surface area contributed by atoms with E-state index in [0.717, 1.165) is 22.7 Å². The molecule has 0 radical (unpaired) electrons. The van der Waals surface area contributed by atoms with Crippen molar-refractivity contribution in [3.63, 3.8) is 0 Å². The van der Waals surface area contributed by atoms with Crippen LogP contribution in [0.15, 0.2) is 71.7 Å². The summed E-state index contributed by atoms with van der Waals surface area (Å²) in [5, 5.41) is 1.93. The Morgan fingerprint density at radius 2 is 1.67 bits per heavy atom. The average Bonchev–Trinajstić information content (AvgIpc) is 3.46. The number of anilines is 3. The van der Waals surface area contributed by atoms with Crippen LogP contribution in [0.2, 0.25) is 0 Å². The van der Waals surface area contributed by atoms with Crippen molar-refractivity contribution in [2.24, 2.45) is 0 Å². The van der Waals surface area contributed by atoms with Crippen molar-refractivity contribution in [2.75, 3.05) is 35.3 Å². The Bertz CT molecular complexity index is 1160. The summed E-state index contributed by atoms with van der Waals surface area (Å²) in [6, 6.07) is 19.4. The summed E-state index contributed by atoms with van der Waals surface area (Å²) in [6.07, 6.45) is 0.858. The summed E-state index contributed by atoms with van der Waals surface area (Å²) < 4.78 is 0. The number of rotatable bonds is 4. The summed E-state index contributed by atoms with van der Waals surface area (Å²) in [7, 11) is 3.92. The van der Waals surface area contributed by atoms with Crippen molar-refractivity contribution >= 4 is 45.8 Å². The second kappa shape index (κ2) is 7.15. The monoisotopic (exact) mass is 415 g/mol. The molecule has 0 saturated heterocycles. The van der Waals surface area contributed by atoms with Gasteiger partial charge < -0.3 is 9.80 Å². The Labute approximate surface area is 179 Å². The maximum absolute atomic E-state index is 13.6. The molecule has 2 aromatic carbocycles. The number of hydrogen-bond acceptors (Lipinski definition) is 5. The minimum atomic E-state index is -0.266. The number of carbonyl (C=O) groups is 2. The maximum Gasteiger partial charge on any atom is 0.282 e. The molecule has 30 heavy (non-hydrogen) atoms. The third kappa shape index (κ3) is 2.83. The summed E-state index contributed by atoms with van der Waals surface area (Å²) >= 11 is 1.48. The number of nitrogens with zero attached hydrogens (tertiary/aromatic N) is 3. The van der Waals surface area contributed by atoms with Crippen LogP contribution in [0.4, 0.5) is 17.1 Å². The minimum Gasteiger partial charge on any atom is -0.378 e. The predicted molar refractivity (Wildman–Crippen MR) is 122 cm³/mol. The zero-order valence-electron chi connectivity index (χ0n) is 16.8. The van der Waals surface area contributed by atoms with Crippen molar-refractivity contribution in [1.29, 1.82) is 0 Å². The van der Waals surface area contributed by atoms with E-state index in [9.17, 15) is 9.59 Å². The van der Waals surface area contributed by atoms with Gasteiger partial charge in [0.05, 0.1) is 11.3 Å². The fraction of sp³-hybridized carbons (Fsp3) is 0.167. The van der Waals surface area contributed by atoms with Gasteiger partial charge in [-0.15, -0.1) is 11.3 Å².